The third-order valence-electron chi connectivity index (χ3n) is 4.87. The van der Waals surface area contributed by atoms with E-state index in [2.05, 4.69) is 29.0 Å². The quantitative estimate of drug-likeness (QED) is 0.737. The second-order valence-corrected chi connectivity index (χ2v) is 8.77. The van der Waals surface area contributed by atoms with Crippen LogP contribution in [0.1, 0.15) is 48.5 Å². The normalized spacial score (nSPS) is 21.0. The van der Waals surface area contributed by atoms with Crippen LogP contribution in [0.25, 0.3) is 10.8 Å². The molecule has 2 aromatic heterocycles. The number of nitrogens with one attached hydrogen (secondary N) is 1. The minimum atomic E-state index is -0.0863. The number of likely N-dealkylation sites (tertiary alicyclic amines) is 1. The third kappa shape index (κ3) is 4.95. The van der Waals surface area contributed by atoms with Gasteiger partial charge >= 0.3 is 0 Å². The molecule has 1 saturated heterocycles. The molecule has 6 heteroatoms. The van der Waals surface area contributed by atoms with Crippen molar-refractivity contribution in [3.05, 3.63) is 29.0 Å². The van der Waals surface area contributed by atoms with Crippen LogP contribution in [0.5, 0.6) is 0 Å². The van der Waals surface area contributed by atoms with E-state index in [9.17, 15) is 4.79 Å². The Morgan fingerprint density at radius 1 is 1.35 bits per heavy atom. The molecule has 0 spiro atoms. The number of carbonyl (C=O) groups is 1. The summed E-state index contributed by atoms with van der Waals surface area (Å²) in [4.78, 5) is 20.3. The van der Waals surface area contributed by atoms with Crippen LogP contribution >= 0.6 is 11.3 Å². The summed E-state index contributed by atoms with van der Waals surface area (Å²) >= 11 is 1.49. The molecule has 2 unspecified atom stereocenters. The number of rotatable bonds is 7. The maximum Gasteiger partial charge on any atom is 0.271 e. The molecule has 0 bridgehead atoms. The van der Waals surface area contributed by atoms with E-state index in [0.717, 1.165) is 41.1 Å². The minimum Gasteiger partial charge on any atom is -0.462 e. The van der Waals surface area contributed by atoms with E-state index in [1.165, 1.54) is 30.8 Å². The lowest BCUT2D eigenvalue weighted by Gasteiger charge is -2.34. The maximum atomic E-state index is 12.4. The van der Waals surface area contributed by atoms with Crippen molar-refractivity contribution >= 4 is 17.2 Å². The summed E-state index contributed by atoms with van der Waals surface area (Å²) in [6.45, 7) is 10.9. The number of hydrogen-bond acceptors (Lipinski definition) is 5. The summed E-state index contributed by atoms with van der Waals surface area (Å²) in [5.41, 5.74) is 0.514. The SMILES string of the molecule is Cc1sc(-c2ccco2)nc1C(=O)NCCCCN1CC(C)CC(C)C1. The summed E-state index contributed by atoms with van der Waals surface area (Å²) in [5, 5.41) is 3.77. The molecule has 26 heavy (non-hydrogen) atoms. The number of carbonyl (C=O) groups excluding carboxylic acids is 1. The van der Waals surface area contributed by atoms with Gasteiger partial charge in [-0.3, -0.25) is 4.79 Å². The third-order valence-corrected chi connectivity index (χ3v) is 5.86. The van der Waals surface area contributed by atoms with Crippen LogP contribution in [0, 0.1) is 18.8 Å². The number of thiazole rings is 1. The zero-order chi connectivity index (χ0) is 18.5. The lowest BCUT2D eigenvalue weighted by atomic mass is 9.92. The zero-order valence-electron chi connectivity index (χ0n) is 16.0. The van der Waals surface area contributed by atoms with Gasteiger partial charge in [-0.2, -0.15) is 0 Å². The molecule has 2 atom stereocenters. The van der Waals surface area contributed by atoms with E-state index < -0.39 is 0 Å². The van der Waals surface area contributed by atoms with Gasteiger partial charge in [0, 0.05) is 24.5 Å². The highest BCUT2D eigenvalue weighted by Gasteiger charge is 2.21. The second kappa shape index (κ2) is 8.82. The fraction of sp³-hybridized carbons (Fsp3) is 0.600. The van der Waals surface area contributed by atoms with Crippen LogP contribution in [-0.4, -0.2) is 42.0 Å². The van der Waals surface area contributed by atoms with Gasteiger partial charge in [-0.05, 0) is 56.7 Å². The first-order valence-electron chi connectivity index (χ1n) is 9.54. The highest BCUT2D eigenvalue weighted by Crippen LogP contribution is 2.27. The van der Waals surface area contributed by atoms with E-state index in [-0.39, 0.29) is 5.91 Å². The van der Waals surface area contributed by atoms with Gasteiger partial charge in [0.25, 0.3) is 5.91 Å². The summed E-state index contributed by atoms with van der Waals surface area (Å²) < 4.78 is 5.36. The van der Waals surface area contributed by atoms with Crippen LogP contribution in [0.15, 0.2) is 22.8 Å². The Morgan fingerprint density at radius 2 is 2.12 bits per heavy atom. The summed E-state index contributed by atoms with van der Waals surface area (Å²) in [6, 6.07) is 3.69. The number of aromatic nitrogens is 1. The number of nitrogens with zero attached hydrogens (tertiary/aromatic N) is 2. The lowest BCUT2D eigenvalue weighted by molar-refractivity contribution is 0.0947. The first-order chi connectivity index (χ1) is 12.5. The predicted molar refractivity (Wildman–Crippen MR) is 106 cm³/mol. The molecular weight excluding hydrogens is 346 g/mol. The molecule has 3 rings (SSSR count). The molecule has 142 valence electrons. The predicted octanol–water partition coefficient (Wildman–Crippen LogP) is 4.20. The van der Waals surface area contributed by atoms with Gasteiger partial charge < -0.3 is 14.6 Å². The Morgan fingerprint density at radius 3 is 2.81 bits per heavy atom. The standard InChI is InChI=1S/C20H29N3O2S/c1-14-11-15(2)13-23(12-14)9-5-4-8-21-19(24)18-16(3)26-20(22-18)17-7-6-10-25-17/h6-7,10,14-15H,4-5,8-9,11-13H2,1-3H3,(H,21,24). The highest BCUT2D eigenvalue weighted by molar-refractivity contribution is 7.15. The number of furan rings is 1. The van der Waals surface area contributed by atoms with Crippen LogP contribution in [0.4, 0.5) is 0 Å². The summed E-state index contributed by atoms with van der Waals surface area (Å²) in [5.74, 6) is 2.22. The van der Waals surface area contributed by atoms with Crippen molar-refractivity contribution in [2.75, 3.05) is 26.2 Å². The average Bonchev–Trinajstić information content (AvgIpc) is 3.22. The van der Waals surface area contributed by atoms with Gasteiger partial charge in [0.1, 0.15) is 5.69 Å². The summed E-state index contributed by atoms with van der Waals surface area (Å²) in [7, 11) is 0. The Labute approximate surface area is 159 Å². The Kier molecular flexibility index (Phi) is 6.48. The van der Waals surface area contributed by atoms with E-state index in [1.807, 2.05) is 19.1 Å². The van der Waals surface area contributed by atoms with Crippen LogP contribution < -0.4 is 5.32 Å². The molecular formula is C20H29N3O2S. The Hall–Kier alpha value is -1.66. The fourth-order valence-corrected chi connectivity index (χ4v) is 4.71. The van der Waals surface area contributed by atoms with Crippen molar-refractivity contribution in [2.24, 2.45) is 11.8 Å². The topological polar surface area (TPSA) is 58.4 Å². The molecule has 1 fully saturated rings. The van der Waals surface area contributed by atoms with Crippen molar-refractivity contribution in [2.45, 2.75) is 40.0 Å². The molecule has 1 aliphatic rings. The number of aryl methyl sites for hydroxylation is 1. The molecule has 1 aliphatic heterocycles. The van der Waals surface area contributed by atoms with Crippen molar-refractivity contribution in [1.82, 2.24) is 15.2 Å². The molecule has 1 amide bonds. The molecule has 0 saturated carbocycles. The maximum absolute atomic E-state index is 12.4. The van der Waals surface area contributed by atoms with Crippen LogP contribution in [0.3, 0.4) is 0 Å². The fourth-order valence-electron chi connectivity index (χ4n) is 3.83. The first kappa shape index (κ1) is 19.1. The monoisotopic (exact) mass is 375 g/mol. The van der Waals surface area contributed by atoms with Crippen molar-refractivity contribution in [1.29, 1.82) is 0 Å². The van der Waals surface area contributed by atoms with Gasteiger partial charge in [-0.25, -0.2) is 4.98 Å². The molecule has 2 aromatic rings. The zero-order valence-corrected chi connectivity index (χ0v) is 16.8. The number of unbranched alkanes of at least 4 members (excludes halogenated alkanes) is 1. The second-order valence-electron chi connectivity index (χ2n) is 7.57. The molecule has 0 aromatic carbocycles. The van der Waals surface area contributed by atoms with Crippen molar-refractivity contribution in [3.8, 4) is 10.8 Å². The van der Waals surface area contributed by atoms with Gasteiger partial charge in [0.15, 0.2) is 10.8 Å². The van der Waals surface area contributed by atoms with E-state index in [4.69, 9.17) is 4.42 Å². The molecule has 0 aliphatic carbocycles. The van der Waals surface area contributed by atoms with Gasteiger partial charge in [0.05, 0.1) is 6.26 Å². The van der Waals surface area contributed by atoms with Gasteiger partial charge in [-0.1, -0.05) is 13.8 Å². The Bertz CT molecular complexity index is 701. The smallest absolute Gasteiger partial charge is 0.271 e. The largest absolute Gasteiger partial charge is 0.462 e. The van der Waals surface area contributed by atoms with E-state index in [0.29, 0.717) is 18.0 Å². The van der Waals surface area contributed by atoms with Gasteiger partial charge in [-0.15, -0.1) is 11.3 Å². The summed E-state index contributed by atoms with van der Waals surface area (Å²) in [6.07, 6.45) is 5.09. The number of piperidine rings is 1. The Balaban J connectivity index is 1.41. The first-order valence-corrected chi connectivity index (χ1v) is 10.4. The highest BCUT2D eigenvalue weighted by atomic mass is 32.1. The molecule has 5 nitrogen and oxygen atoms in total. The molecule has 3 heterocycles. The molecule has 1 N–H and O–H groups in total. The number of amides is 1. The van der Waals surface area contributed by atoms with Crippen LogP contribution in [-0.2, 0) is 0 Å². The lowest BCUT2D eigenvalue weighted by Crippen LogP contribution is -2.39. The van der Waals surface area contributed by atoms with E-state index in [1.54, 1.807) is 6.26 Å². The molecule has 0 radical (unpaired) electrons. The minimum absolute atomic E-state index is 0.0863. The van der Waals surface area contributed by atoms with Crippen molar-refractivity contribution in [3.63, 3.8) is 0 Å². The van der Waals surface area contributed by atoms with Gasteiger partial charge in [0.2, 0.25) is 0 Å². The number of hydrogen-bond donors (Lipinski definition) is 1. The average molecular weight is 376 g/mol. The van der Waals surface area contributed by atoms with E-state index >= 15 is 0 Å². The van der Waals surface area contributed by atoms with Crippen LogP contribution in [0.2, 0.25) is 0 Å². The van der Waals surface area contributed by atoms with Crippen molar-refractivity contribution < 1.29 is 9.21 Å².